The molecule has 6 nitrogen and oxygen atoms in total. The predicted molar refractivity (Wildman–Crippen MR) is 35.2 cm³/mol. The summed E-state index contributed by atoms with van der Waals surface area (Å²) in [6, 6.07) is 0. The maximum absolute atomic E-state index is 9.62. The first-order valence-electron chi connectivity index (χ1n) is 3.14. The van der Waals surface area contributed by atoms with Gasteiger partial charge in [-0.3, -0.25) is 0 Å². The fourth-order valence-corrected chi connectivity index (χ4v) is 0.423. The van der Waals surface area contributed by atoms with E-state index in [-0.39, 0.29) is 6.61 Å². The molecule has 6 heteroatoms. The lowest BCUT2D eigenvalue weighted by molar-refractivity contribution is -0.759. The van der Waals surface area contributed by atoms with Crippen LogP contribution in [0.25, 0.3) is 0 Å². The summed E-state index contributed by atoms with van der Waals surface area (Å²) in [7, 11) is 0. The molecule has 0 rings (SSSR count). The second-order valence-corrected chi connectivity index (χ2v) is 2.25. The van der Waals surface area contributed by atoms with Crippen molar-refractivity contribution in [1.82, 2.24) is 0 Å². The van der Waals surface area contributed by atoms with Crippen LogP contribution >= 0.6 is 0 Å². The number of hydrogen-bond acceptors (Lipinski definition) is 5. The van der Waals surface area contributed by atoms with Gasteiger partial charge in [-0.15, -0.1) is 10.1 Å². The van der Waals surface area contributed by atoms with Crippen LogP contribution in [-0.4, -0.2) is 34.6 Å². The van der Waals surface area contributed by atoms with Gasteiger partial charge >= 0.3 is 0 Å². The van der Waals surface area contributed by atoms with Crippen molar-refractivity contribution in [3.05, 3.63) is 10.1 Å². The average molecular weight is 165 g/mol. The van der Waals surface area contributed by atoms with Crippen LogP contribution in [-0.2, 0) is 4.84 Å². The molecule has 0 aliphatic heterocycles. The van der Waals surface area contributed by atoms with E-state index < -0.39 is 23.7 Å². The van der Waals surface area contributed by atoms with Crippen molar-refractivity contribution in [2.75, 3.05) is 13.2 Å². The maximum atomic E-state index is 9.62. The summed E-state index contributed by atoms with van der Waals surface area (Å²) in [5, 5.41) is 26.1. The zero-order valence-electron chi connectivity index (χ0n) is 6.14. The third-order valence-corrected chi connectivity index (χ3v) is 1.30. The molecule has 0 fully saturated rings. The van der Waals surface area contributed by atoms with Crippen molar-refractivity contribution < 1.29 is 20.1 Å². The van der Waals surface area contributed by atoms with E-state index in [2.05, 4.69) is 4.84 Å². The first-order valence-corrected chi connectivity index (χ1v) is 3.14. The van der Waals surface area contributed by atoms with E-state index in [0.717, 1.165) is 0 Å². The molecule has 66 valence electrons. The van der Waals surface area contributed by atoms with Gasteiger partial charge in [-0.2, -0.15) is 0 Å². The third-order valence-electron chi connectivity index (χ3n) is 1.30. The van der Waals surface area contributed by atoms with E-state index in [1.807, 2.05) is 0 Å². The molecule has 2 unspecified atom stereocenters. The highest BCUT2D eigenvalue weighted by molar-refractivity contribution is 4.60. The quantitative estimate of drug-likeness (QED) is 0.410. The Morgan fingerprint density at radius 2 is 2.27 bits per heavy atom. The molecular weight excluding hydrogens is 154 g/mol. The van der Waals surface area contributed by atoms with Gasteiger partial charge in [-0.1, -0.05) is 6.92 Å². The van der Waals surface area contributed by atoms with Crippen LogP contribution in [0.15, 0.2) is 0 Å². The molecule has 0 radical (unpaired) electrons. The number of nitrogens with zero attached hydrogens (tertiary/aromatic N) is 1. The first kappa shape index (κ1) is 10.1. The molecule has 0 aromatic heterocycles. The lowest BCUT2D eigenvalue weighted by atomic mass is 10.1. The van der Waals surface area contributed by atoms with E-state index in [4.69, 9.17) is 10.2 Å². The molecule has 0 bridgehead atoms. The average Bonchev–Trinajstić information content (AvgIpc) is 1.98. The number of aliphatic hydroxyl groups excluding tert-OH is 2. The Labute approximate surface area is 63.5 Å². The van der Waals surface area contributed by atoms with Crippen LogP contribution < -0.4 is 0 Å². The summed E-state index contributed by atoms with van der Waals surface area (Å²) < 4.78 is 0. The summed E-state index contributed by atoms with van der Waals surface area (Å²) in [6.45, 7) is 0.949. The summed E-state index contributed by atoms with van der Waals surface area (Å²) >= 11 is 0. The zero-order chi connectivity index (χ0) is 8.85. The summed E-state index contributed by atoms with van der Waals surface area (Å²) in [5.41, 5.74) is 0. The number of rotatable bonds is 5. The molecule has 0 aliphatic rings. The predicted octanol–water partition coefficient (Wildman–Crippen LogP) is -0.816. The minimum absolute atomic E-state index is 0.220. The molecule has 0 saturated carbocycles. The molecule has 0 heterocycles. The molecule has 0 aromatic rings. The Morgan fingerprint density at radius 3 is 2.64 bits per heavy atom. The highest BCUT2D eigenvalue weighted by Crippen LogP contribution is 2.01. The van der Waals surface area contributed by atoms with E-state index in [1.165, 1.54) is 0 Å². The van der Waals surface area contributed by atoms with Gasteiger partial charge in [-0.05, 0) is 0 Å². The van der Waals surface area contributed by atoms with E-state index >= 15 is 0 Å². The van der Waals surface area contributed by atoms with Crippen LogP contribution in [0.3, 0.4) is 0 Å². The van der Waals surface area contributed by atoms with E-state index in [0.29, 0.717) is 0 Å². The van der Waals surface area contributed by atoms with Gasteiger partial charge in [0.05, 0.1) is 6.10 Å². The smallest absolute Gasteiger partial charge is 0.294 e. The normalized spacial score (nSPS) is 15.5. The van der Waals surface area contributed by atoms with E-state index in [9.17, 15) is 10.1 Å². The number of hydrogen-bond donors (Lipinski definition) is 2. The Hall–Kier alpha value is -0.880. The highest BCUT2D eigenvalue weighted by atomic mass is 17.0. The standard InChI is InChI=1S/C5H11NO5/c1-4(2-7)5(8)3-11-6(9)10/h4-5,7-8H,2-3H2,1H3. The Kier molecular flexibility index (Phi) is 4.47. The van der Waals surface area contributed by atoms with Crippen molar-refractivity contribution in [3.8, 4) is 0 Å². The van der Waals surface area contributed by atoms with Gasteiger partial charge < -0.3 is 15.1 Å². The van der Waals surface area contributed by atoms with Crippen LogP contribution in [0.2, 0.25) is 0 Å². The largest absolute Gasteiger partial charge is 0.396 e. The van der Waals surface area contributed by atoms with Gasteiger partial charge in [0, 0.05) is 12.5 Å². The maximum Gasteiger partial charge on any atom is 0.294 e. The van der Waals surface area contributed by atoms with Crippen LogP contribution in [0.5, 0.6) is 0 Å². The molecule has 0 spiro atoms. The third kappa shape index (κ3) is 4.51. The molecule has 0 aromatic carbocycles. The SMILES string of the molecule is CC(CO)C(O)CO[N+](=O)[O-]. The molecule has 2 atom stereocenters. The Balaban J connectivity index is 3.51. The van der Waals surface area contributed by atoms with Crippen molar-refractivity contribution in [3.63, 3.8) is 0 Å². The molecular formula is C5H11NO5. The molecule has 0 amide bonds. The lowest BCUT2D eigenvalue weighted by Gasteiger charge is -2.14. The molecule has 0 saturated heterocycles. The number of aliphatic hydroxyl groups is 2. The van der Waals surface area contributed by atoms with Crippen molar-refractivity contribution >= 4 is 0 Å². The second-order valence-electron chi connectivity index (χ2n) is 2.25. The van der Waals surface area contributed by atoms with Crippen LogP contribution in [0.4, 0.5) is 0 Å². The minimum atomic E-state index is -0.995. The summed E-state index contributed by atoms with van der Waals surface area (Å²) in [6.07, 6.45) is -0.995. The molecule has 0 aliphatic carbocycles. The van der Waals surface area contributed by atoms with Crippen LogP contribution in [0, 0.1) is 16.0 Å². The first-order chi connectivity index (χ1) is 5.07. The topological polar surface area (TPSA) is 92.8 Å². The summed E-state index contributed by atoms with van der Waals surface area (Å²) in [4.78, 5) is 13.5. The molecule has 2 N–H and O–H groups in total. The van der Waals surface area contributed by atoms with Gasteiger partial charge in [0.2, 0.25) is 0 Å². The van der Waals surface area contributed by atoms with Crippen LogP contribution in [0.1, 0.15) is 6.92 Å². The van der Waals surface area contributed by atoms with Gasteiger partial charge in [0.15, 0.2) is 0 Å². The Bertz CT molecular complexity index is 128. The van der Waals surface area contributed by atoms with Gasteiger partial charge in [-0.25, -0.2) is 0 Å². The van der Waals surface area contributed by atoms with Crippen molar-refractivity contribution in [1.29, 1.82) is 0 Å². The Morgan fingerprint density at radius 1 is 1.73 bits per heavy atom. The molecule has 11 heavy (non-hydrogen) atoms. The minimum Gasteiger partial charge on any atom is -0.396 e. The second kappa shape index (κ2) is 4.86. The lowest BCUT2D eigenvalue weighted by Crippen LogP contribution is -2.27. The summed E-state index contributed by atoms with van der Waals surface area (Å²) in [5.74, 6) is -0.407. The highest BCUT2D eigenvalue weighted by Gasteiger charge is 2.14. The fraction of sp³-hybridized carbons (Fsp3) is 1.00. The van der Waals surface area contributed by atoms with Crippen molar-refractivity contribution in [2.24, 2.45) is 5.92 Å². The van der Waals surface area contributed by atoms with Gasteiger partial charge in [0.25, 0.3) is 5.09 Å². The van der Waals surface area contributed by atoms with Crippen molar-refractivity contribution in [2.45, 2.75) is 13.0 Å². The fourth-order valence-electron chi connectivity index (χ4n) is 0.423. The zero-order valence-corrected chi connectivity index (χ0v) is 6.14. The monoisotopic (exact) mass is 165 g/mol. The van der Waals surface area contributed by atoms with E-state index in [1.54, 1.807) is 6.92 Å². The van der Waals surface area contributed by atoms with Gasteiger partial charge in [0.1, 0.15) is 6.61 Å².